The molecule has 0 aromatic heterocycles. The maximum atomic E-state index is 12.4. The highest BCUT2D eigenvalue weighted by Gasteiger charge is 2.53. The molecule has 0 spiro atoms. The van der Waals surface area contributed by atoms with Gasteiger partial charge in [-0.2, -0.15) is 0 Å². The van der Waals surface area contributed by atoms with Crippen LogP contribution in [0.4, 0.5) is 0 Å². The van der Waals surface area contributed by atoms with Crippen molar-refractivity contribution in [3.8, 4) is 0 Å². The van der Waals surface area contributed by atoms with Crippen LogP contribution in [0.3, 0.4) is 0 Å². The van der Waals surface area contributed by atoms with Gasteiger partial charge in [0.05, 0.1) is 18.7 Å². The minimum Gasteiger partial charge on any atom is -0.466 e. The molecule has 13 heteroatoms. The summed E-state index contributed by atoms with van der Waals surface area (Å²) in [7, 11) is 1.13. The number of β-lactam (4-membered cyclic amide) rings is 1. The van der Waals surface area contributed by atoms with Crippen molar-refractivity contribution in [3.63, 3.8) is 0 Å². The van der Waals surface area contributed by atoms with Gasteiger partial charge in [0, 0.05) is 5.75 Å². The van der Waals surface area contributed by atoms with Crippen LogP contribution in [0.1, 0.15) is 6.92 Å². The molecule has 28 heavy (non-hydrogen) atoms. The van der Waals surface area contributed by atoms with Crippen molar-refractivity contribution in [2.45, 2.75) is 18.3 Å². The van der Waals surface area contributed by atoms with E-state index in [1.165, 1.54) is 16.7 Å². The van der Waals surface area contributed by atoms with E-state index < -0.39 is 58.3 Å². The third-order valence-electron chi connectivity index (χ3n) is 3.81. The number of fused-ring (bicyclic) bond motifs is 1. The molecule has 0 aromatic carbocycles. The summed E-state index contributed by atoms with van der Waals surface area (Å²) in [4.78, 5) is 65.3. The number of thiol groups is 1. The Morgan fingerprint density at radius 3 is 2.64 bits per heavy atom. The van der Waals surface area contributed by atoms with E-state index in [0.29, 0.717) is 11.3 Å². The smallest absolute Gasteiger partial charge is 0.346 e. The first-order chi connectivity index (χ1) is 13.2. The number of ether oxygens (including phenoxy) is 1. The number of esters is 1. The van der Waals surface area contributed by atoms with Crippen LogP contribution >= 0.6 is 36.0 Å². The SMILES string of the molecule is COC(=O)CON=C(C(=O)CCl)C(=O)NC1C(=O)N2C(C(=O)S)=C(C)CS[C@H]12. The molecule has 0 bridgehead atoms. The Bertz CT molecular complexity index is 799. The van der Waals surface area contributed by atoms with Crippen molar-refractivity contribution in [1.82, 2.24) is 10.2 Å². The molecule has 2 rings (SSSR count). The van der Waals surface area contributed by atoms with Crippen molar-refractivity contribution in [1.29, 1.82) is 0 Å². The lowest BCUT2D eigenvalue weighted by Crippen LogP contribution is -2.71. The van der Waals surface area contributed by atoms with E-state index in [1.807, 2.05) is 0 Å². The van der Waals surface area contributed by atoms with Crippen LogP contribution in [0.5, 0.6) is 0 Å². The molecule has 0 aliphatic carbocycles. The normalized spacial score (nSPS) is 21.5. The molecule has 2 atom stereocenters. The highest BCUT2D eigenvalue weighted by Crippen LogP contribution is 2.40. The highest BCUT2D eigenvalue weighted by molar-refractivity contribution is 8.00. The van der Waals surface area contributed by atoms with E-state index in [-0.39, 0.29) is 5.70 Å². The summed E-state index contributed by atoms with van der Waals surface area (Å²) < 4.78 is 4.35. The molecule has 2 aliphatic rings. The fraction of sp³-hybridized carbons (Fsp3) is 0.467. The average Bonchev–Trinajstić information content (AvgIpc) is 2.67. The zero-order chi connectivity index (χ0) is 21.0. The summed E-state index contributed by atoms with van der Waals surface area (Å²) >= 11 is 10.6. The largest absolute Gasteiger partial charge is 0.466 e. The highest BCUT2D eigenvalue weighted by atomic mass is 35.5. The van der Waals surface area contributed by atoms with Crippen LogP contribution in [-0.2, 0) is 33.5 Å². The maximum Gasteiger partial charge on any atom is 0.346 e. The maximum absolute atomic E-state index is 12.4. The van der Waals surface area contributed by atoms with E-state index in [0.717, 1.165) is 7.11 Å². The Morgan fingerprint density at radius 2 is 2.07 bits per heavy atom. The fourth-order valence-corrected chi connectivity index (χ4v) is 4.19. The van der Waals surface area contributed by atoms with Gasteiger partial charge >= 0.3 is 5.97 Å². The molecule has 2 heterocycles. The Hall–Kier alpha value is -2.05. The number of methoxy groups -OCH3 is 1. The molecule has 2 amide bonds. The summed E-state index contributed by atoms with van der Waals surface area (Å²) in [5, 5.41) is 4.67. The number of thioether (sulfide) groups is 1. The molecule has 152 valence electrons. The number of hydrogen-bond donors (Lipinski definition) is 2. The predicted molar refractivity (Wildman–Crippen MR) is 103 cm³/mol. The van der Waals surface area contributed by atoms with Crippen molar-refractivity contribution < 1.29 is 33.5 Å². The number of Topliss-reactive ketones (excluding diaryl/α,β-unsaturated/α-hetero) is 1. The van der Waals surface area contributed by atoms with Gasteiger partial charge in [-0.1, -0.05) is 17.8 Å². The summed E-state index contributed by atoms with van der Waals surface area (Å²) in [6, 6.07) is -0.970. The number of nitrogens with zero attached hydrogens (tertiary/aromatic N) is 2. The van der Waals surface area contributed by atoms with Gasteiger partial charge in [0.1, 0.15) is 11.4 Å². The minimum absolute atomic E-state index is 0.190. The van der Waals surface area contributed by atoms with Crippen LogP contribution < -0.4 is 5.32 Å². The molecule has 1 unspecified atom stereocenters. The lowest BCUT2D eigenvalue weighted by Gasteiger charge is -2.49. The third-order valence-corrected chi connectivity index (χ3v) is 5.69. The summed E-state index contributed by atoms with van der Waals surface area (Å²) in [5.74, 6) is -3.21. The van der Waals surface area contributed by atoms with Crippen molar-refractivity contribution in [2.75, 3.05) is 25.3 Å². The Labute approximate surface area is 174 Å². The van der Waals surface area contributed by atoms with Gasteiger partial charge in [0.15, 0.2) is 0 Å². The van der Waals surface area contributed by atoms with Crippen LogP contribution in [-0.4, -0.2) is 76.1 Å². The second kappa shape index (κ2) is 9.43. The standard InChI is InChI=1S/C15H16ClN3O7S2/c1-6-5-28-14-10(13(23)19(14)11(6)15(24)27)17-12(22)9(7(20)3-16)18-26-4-8(21)25-2/h10,14H,3-5H2,1-2H3,(H,17,22)(H,24,27)/t10?,14-/m1/s1. The zero-order valence-corrected chi connectivity index (χ0v) is 17.2. The lowest BCUT2D eigenvalue weighted by molar-refractivity contribution is -0.146. The quantitative estimate of drug-likeness (QED) is 0.0961. The number of hydrogen-bond acceptors (Lipinski definition) is 9. The number of alkyl halides is 1. The number of carbonyl (C=O) groups is 5. The second-order valence-corrected chi connectivity index (χ2v) is 7.42. The zero-order valence-electron chi connectivity index (χ0n) is 14.8. The lowest BCUT2D eigenvalue weighted by atomic mass is 10.0. The summed E-state index contributed by atoms with van der Waals surface area (Å²) in [6.45, 7) is 1.10. The van der Waals surface area contributed by atoms with Crippen molar-refractivity contribution in [2.24, 2.45) is 5.16 Å². The first-order valence-electron chi connectivity index (χ1n) is 7.77. The Balaban J connectivity index is 2.11. The van der Waals surface area contributed by atoms with E-state index >= 15 is 0 Å². The summed E-state index contributed by atoms with van der Waals surface area (Å²) in [6.07, 6.45) is 0. The van der Waals surface area contributed by atoms with E-state index in [4.69, 9.17) is 11.6 Å². The molecular weight excluding hydrogens is 434 g/mol. The first-order valence-corrected chi connectivity index (χ1v) is 9.80. The van der Waals surface area contributed by atoms with E-state index in [2.05, 4.69) is 32.7 Å². The fourth-order valence-electron chi connectivity index (χ4n) is 2.48. The Kier molecular flexibility index (Phi) is 7.49. The van der Waals surface area contributed by atoms with E-state index in [9.17, 15) is 24.0 Å². The number of ketones is 1. The average molecular weight is 450 g/mol. The van der Waals surface area contributed by atoms with Crippen LogP contribution in [0.15, 0.2) is 16.4 Å². The second-order valence-electron chi connectivity index (χ2n) is 5.64. The van der Waals surface area contributed by atoms with Gasteiger partial charge in [0.2, 0.25) is 23.2 Å². The van der Waals surface area contributed by atoms with Gasteiger partial charge in [-0.3, -0.25) is 24.1 Å². The van der Waals surface area contributed by atoms with Crippen LogP contribution in [0.25, 0.3) is 0 Å². The molecule has 0 saturated carbocycles. The van der Waals surface area contributed by atoms with Gasteiger partial charge in [-0.15, -0.1) is 23.4 Å². The van der Waals surface area contributed by atoms with Crippen molar-refractivity contribution in [3.05, 3.63) is 11.3 Å². The molecular formula is C15H16ClN3O7S2. The molecule has 1 N–H and O–H groups in total. The number of carbonyl (C=O) groups excluding carboxylic acids is 5. The number of nitrogens with one attached hydrogen (secondary N) is 1. The molecule has 2 aliphatic heterocycles. The Morgan fingerprint density at radius 1 is 1.39 bits per heavy atom. The molecule has 1 fully saturated rings. The van der Waals surface area contributed by atoms with Crippen LogP contribution in [0.2, 0.25) is 0 Å². The third kappa shape index (κ3) is 4.50. The number of rotatable bonds is 8. The first kappa shape index (κ1) is 22.2. The number of halogens is 1. The monoisotopic (exact) mass is 449 g/mol. The molecule has 10 nitrogen and oxygen atoms in total. The molecule has 1 saturated heterocycles. The summed E-state index contributed by atoms with van der Waals surface area (Å²) in [5.41, 5.74) is 0.202. The van der Waals surface area contributed by atoms with Crippen LogP contribution in [0, 0.1) is 0 Å². The molecule has 0 radical (unpaired) electrons. The predicted octanol–water partition coefficient (Wildman–Crippen LogP) is -0.530. The number of amides is 2. The van der Waals surface area contributed by atoms with Gasteiger partial charge in [-0.05, 0) is 12.5 Å². The topological polar surface area (TPSA) is 131 Å². The van der Waals surface area contributed by atoms with E-state index in [1.54, 1.807) is 6.92 Å². The molecule has 0 aromatic rings. The minimum atomic E-state index is -0.987. The van der Waals surface area contributed by atoms with Gasteiger partial charge in [0.25, 0.3) is 11.8 Å². The van der Waals surface area contributed by atoms with Gasteiger partial charge in [-0.25, -0.2) is 4.79 Å². The number of oxime groups is 1. The van der Waals surface area contributed by atoms with Gasteiger partial charge < -0.3 is 14.9 Å². The van der Waals surface area contributed by atoms with Crippen molar-refractivity contribution >= 4 is 70.4 Å².